The minimum atomic E-state index is -0.464. The van der Waals surface area contributed by atoms with Gasteiger partial charge in [-0.3, -0.25) is 9.36 Å². The normalized spacial score (nSPS) is 11.2. The van der Waals surface area contributed by atoms with Crippen molar-refractivity contribution in [1.29, 1.82) is 0 Å². The van der Waals surface area contributed by atoms with E-state index < -0.39 is 5.97 Å². The number of ether oxygens (including phenoxy) is 1. The Morgan fingerprint density at radius 3 is 2.87 bits per heavy atom. The molecule has 4 rings (SSSR count). The lowest BCUT2D eigenvalue weighted by atomic mass is 10.2. The van der Waals surface area contributed by atoms with Crippen LogP contribution in [-0.4, -0.2) is 22.1 Å². The van der Waals surface area contributed by atoms with E-state index in [0.717, 1.165) is 16.9 Å². The minimum absolute atomic E-state index is 0.199. The predicted molar refractivity (Wildman–Crippen MR) is 118 cm³/mol. The Kier molecular flexibility index (Phi) is 6.24. The van der Waals surface area contributed by atoms with E-state index in [4.69, 9.17) is 9.15 Å². The molecule has 0 radical (unpaired) electrons. The fourth-order valence-electron chi connectivity index (χ4n) is 3.17. The first-order valence-electron chi connectivity index (χ1n) is 9.58. The molecule has 3 aromatic heterocycles. The third kappa shape index (κ3) is 4.42. The summed E-state index contributed by atoms with van der Waals surface area (Å²) in [7, 11) is 0. The molecule has 0 unspecified atom stereocenters. The second-order valence-electron chi connectivity index (χ2n) is 6.74. The summed E-state index contributed by atoms with van der Waals surface area (Å²) in [5.41, 5.74) is 1.08. The van der Waals surface area contributed by atoms with Crippen LogP contribution >= 0.6 is 23.1 Å². The molecule has 0 amide bonds. The number of hydrogen-bond acceptors (Lipinski definition) is 7. The Labute approximate surface area is 185 Å². The molecule has 0 saturated carbocycles. The number of benzene rings is 1. The van der Waals surface area contributed by atoms with Crippen LogP contribution < -0.4 is 5.56 Å². The highest BCUT2D eigenvalue weighted by molar-refractivity contribution is 7.98. The van der Waals surface area contributed by atoms with Crippen LogP contribution in [0.4, 0.5) is 4.39 Å². The average Bonchev–Trinajstić information content (AvgIpc) is 3.37. The Hall–Kier alpha value is -2.91. The van der Waals surface area contributed by atoms with Crippen molar-refractivity contribution in [1.82, 2.24) is 9.55 Å². The molecule has 0 spiro atoms. The summed E-state index contributed by atoms with van der Waals surface area (Å²) in [6, 6.07) is 9.83. The fourth-order valence-corrected chi connectivity index (χ4v) is 5.23. The zero-order chi connectivity index (χ0) is 22.0. The highest BCUT2D eigenvalue weighted by atomic mass is 32.2. The SMILES string of the molecule is CCOC(=O)c1sc2nc(SCc3cccc(F)c3)n(Cc3ccco3)c(=O)c2c1C. The van der Waals surface area contributed by atoms with Gasteiger partial charge in [-0.1, -0.05) is 23.9 Å². The number of aromatic nitrogens is 2. The Morgan fingerprint density at radius 1 is 1.32 bits per heavy atom. The second kappa shape index (κ2) is 9.07. The molecule has 6 nitrogen and oxygen atoms in total. The molecular weight excluding hydrogens is 439 g/mol. The van der Waals surface area contributed by atoms with Gasteiger partial charge >= 0.3 is 5.97 Å². The highest BCUT2D eigenvalue weighted by Crippen LogP contribution is 2.31. The van der Waals surface area contributed by atoms with Gasteiger partial charge < -0.3 is 9.15 Å². The zero-order valence-electron chi connectivity index (χ0n) is 16.9. The molecule has 0 saturated heterocycles. The summed E-state index contributed by atoms with van der Waals surface area (Å²) in [5.74, 6) is 0.258. The van der Waals surface area contributed by atoms with Gasteiger partial charge in [-0.05, 0) is 49.2 Å². The largest absolute Gasteiger partial charge is 0.467 e. The van der Waals surface area contributed by atoms with Crippen molar-refractivity contribution >= 4 is 39.3 Å². The van der Waals surface area contributed by atoms with Gasteiger partial charge in [-0.15, -0.1) is 11.3 Å². The number of fused-ring (bicyclic) bond motifs is 1. The summed E-state index contributed by atoms with van der Waals surface area (Å²) >= 11 is 2.47. The Bertz CT molecular complexity index is 1300. The summed E-state index contributed by atoms with van der Waals surface area (Å²) < 4.78 is 25.6. The van der Waals surface area contributed by atoms with E-state index in [9.17, 15) is 14.0 Å². The number of halogens is 1. The number of carbonyl (C=O) groups excluding carboxylic acids is 1. The van der Waals surface area contributed by atoms with E-state index in [-0.39, 0.29) is 24.5 Å². The van der Waals surface area contributed by atoms with Crippen LogP contribution in [0.3, 0.4) is 0 Å². The molecule has 1 aromatic carbocycles. The topological polar surface area (TPSA) is 74.3 Å². The molecule has 0 atom stereocenters. The van der Waals surface area contributed by atoms with Crippen molar-refractivity contribution < 1.29 is 18.3 Å². The molecule has 31 heavy (non-hydrogen) atoms. The monoisotopic (exact) mass is 458 g/mol. The maximum Gasteiger partial charge on any atom is 0.348 e. The maximum atomic E-state index is 13.5. The Balaban J connectivity index is 1.80. The first-order chi connectivity index (χ1) is 15.0. The van der Waals surface area contributed by atoms with Gasteiger partial charge in [0, 0.05) is 5.75 Å². The summed E-state index contributed by atoms with van der Waals surface area (Å²) in [6.45, 7) is 3.91. The molecular formula is C22H19FN2O4S2. The highest BCUT2D eigenvalue weighted by Gasteiger charge is 2.23. The van der Waals surface area contributed by atoms with E-state index in [2.05, 4.69) is 4.98 Å². The molecule has 3 heterocycles. The fraction of sp³-hybridized carbons (Fsp3) is 0.227. The van der Waals surface area contributed by atoms with E-state index in [1.165, 1.54) is 28.5 Å². The van der Waals surface area contributed by atoms with E-state index in [1.807, 2.05) is 6.07 Å². The lowest BCUT2D eigenvalue weighted by molar-refractivity contribution is 0.0531. The minimum Gasteiger partial charge on any atom is -0.467 e. The smallest absolute Gasteiger partial charge is 0.348 e. The van der Waals surface area contributed by atoms with Crippen molar-refractivity contribution in [3.63, 3.8) is 0 Å². The van der Waals surface area contributed by atoms with E-state index in [0.29, 0.717) is 37.3 Å². The first kappa shape index (κ1) is 21.3. The van der Waals surface area contributed by atoms with E-state index in [1.54, 1.807) is 38.3 Å². The molecule has 0 aliphatic carbocycles. The number of carbonyl (C=O) groups is 1. The van der Waals surface area contributed by atoms with Crippen molar-refractivity contribution in [2.45, 2.75) is 31.3 Å². The predicted octanol–water partition coefficient (Wildman–Crippen LogP) is 5.02. The number of aryl methyl sites for hydroxylation is 1. The van der Waals surface area contributed by atoms with Gasteiger partial charge in [-0.2, -0.15) is 0 Å². The molecule has 160 valence electrons. The standard InChI is InChI=1S/C22H19FN2O4S2/c1-3-28-21(27)18-13(2)17-19(31-18)24-22(30-12-14-6-4-7-15(23)10-14)25(20(17)26)11-16-8-5-9-29-16/h4-10H,3,11-12H2,1-2H3. The molecule has 0 bridgehead atoms. The van der Waals surface area contributed by atoms with Crippen LogP contribution in [0.2, 0.25) is 0 Å². The van der Waals surface area contributed by atoms with Crippen molar-refractivity contribution in [2.75, 3.05) is 6.61 Å². The third-order valence-electron chi connectivity index (χ3n) is 4.63. The van der Waals surface area contributed by atoms with Crippen LogP contribution in [0, 0.1) is 12.7 Å². The molecule has 9 heteroatoms. The molecule has 0 aliphatic heterocycles. The molecule has 4 aromatic rings. The van der Waals surface area contributed by atoms with Gasteiger partial charge in [0.25, 0.3) is 5.56 Å². The summed E-state index contributed by atoms with van der Waals surface area (Å²) in [5, 5.41) is 0.865. The van der Waals surface area contributed by atoms with Crippen molar-refractivity contribution in [3.05, 3.63) is 80.6 Å². The lowest BCUT2D eigenvalue weighted by Gasteiger charge is -2.11. The van der Waals surface area contributed by atoms with E-state index >= 15 is 0 Å². The number of hydrogen-bond donors (Lipinski definition) is 0. The zero-order valence-corrected chi connectivity index (χ0v) is 18.5. The quantitative estimate of drug-likeness (QED) is 0.220. The number of rotatable bonds is 7. The number of thioether (sulfide) groups is 1. The first-order valence-corrected chi connectivity index (χ1v) is 11.4. The van der Waals surface area contributed by atoms with Crippen molar-refractivity contribution in [3.8, 4) is 0 Å². The second-order valence-corrected chi connectivity index (χ2v) is 8.68. The molecule has 0 N–H and O–H groups in total. The van der Waals surface area contributed by atoms with Gasteiger partial charge in [0.2, 0.25) is 0 Å². The lowest BCUT2D eigenvalue weighted by Crippen LogP contribution is -2.23. The number of nitrogens with zero attached hydrogens (tertiary/aromatic N) is 2. The number of furan rings is 1. The van der Waals surface area contributed by atoms with Crippen LogP contribution in [0.5, 0.6) is 0 Å². The van der Waals surface area contributed by atoms with Crippen LogP contribution in [-0.2, 0) is 17.0 Å². The number of esters is 1. The summed E-state index contributed by atoms with van der Waals surface area (Å²) in [6.07, 6.45) is 1.54. The molecule has 0 fully saturated rings. The van der Waals surface area contributed by atoms with Crippen molar-refractivity contribution in [2.24, 2.45) is 0 Å². The van der Waals surface area contributed by atoms with Crippen LogP contribution in [0.25, 0.3) is 10.2 Å². The van der Waals surface area contributed by atoms with Crippen LogP contribution in [0.1, 0.15) is 33.5 Å². The third-order valence-corrected chi connectivity index (χ3v) is 6.84. The Morgan fingerprint density at radius 2 is 2.16 bits per heavy atom. The molecule has 0 aliphatic rings. The van der Waals surface area contributed by atoms with Gasteiger partial charge in [0.05, 0.1) is 24.8 Å². The summed E-state index contributed by atoms with van der Waals surface area (Å²) in [4.78, 5) is 31.3. The number of thiophene rings is 1. The van der Waals surface area contributed by atoms with Gasteiger partial charge in [0.15, 0.2) is 5.16 Å². The van der Waals surface area contributed by atoms with Gasteiger partial charge in [0.1, 0.15) is 21.3 Å². The van der Waals surface area contributed by atoms with Gasteiger partial charge in [-0.25, -0.2) is 14.2 Å². The van der Waals surface area contributed by atoms with Crippen LogP contribution in [0.15, 0.2) is 57.0 Å². The average molecular weight is 459 g/mol. The maximum absolute atomic E-state index is 13.5.